The number of nitrogens with zero attached hydrogens (tertiary/aromatic N) is 2. The second kappa shape index (κ2) is 8.45. The number of hydrogen-bond acceptors (Lipinski definition) is 4. The van der Waals surface area contributed by atoms with Gasteiger partial charge in [0.25, 0.3) is 5.91 Å². The molecule has 0 aliphatic carbocycles. The first kappa shape index (κ1) is 20.4. The van der Waals surface area contributed by atoms with Crippen molar-refractivity contribution in [3.8, 4) is 5.75 Å². The van der Waals surface area contributed by atoms with Gasteiger partial charge in [0.05, 0.1) is 4.90 Å². The number of carbonyl (C=O) groups is 1. The van der Waals surface area contributed by atoms with Crippen molar-refractivity contribution in [3.63, 3.8) is 0 Å². The Morgan fingerprint density at radius 1 is 0.867 bits per heavy atom. The highest BCUT2D eigenvalue weighted by Crippen LogP contribution is 2.26. The number of amides is 1. The van der Waals surface area contributed by atoms with Crippen molar-refractivity contribution in [3.05, 3.63) is 72.8 Å². The van der Waals surface area contributed by atoms with E-state index < -0.39 is 16.1 Å². The van der Waals surface area contributed by atoms with Crippen LogP contribution in [0.3, 0.4) is 0 Å². The number of fused-ring (bicyclic) bond motifs is 1. The third-order valence-corrected chi connectivity index (χ3v) is 7.25. The summed E-state index contributed by atoms with van der Waals surface area (Å²) in [4.78, 5) is 14.8. The van der Waals surface area contributed by atoms with Gasteiger partial charge in [-0.15, -0.1) is 0 Å². The largest absolute Gasteiger partial charge is 0.480 e. The van der Waals surface area contributed by atoms with E-state index in [0.717, 1.165) is 10.8 Å². The van der Waals surface area contributed by atoms with Gasteiger partial charge in [-0.3, -0.25) is 4.79 Å². The van der Waals surface area contributed by atoms with E-state index in [-0.39, 0.29) is 23.9 Å². The fourth-order valence-electron chi connectivity index (χ4n) is 3.69. The molecule has 1 amide bonds. The Bertz CT molecular complexity index is 1130. The minimum absolute atomic E-state index is 0.139. The van der Waals surface area contributed by atoms with Gasteiger partial charge in [0.2, 0.25) is 10.0 Å². The maximum absolute atomic E-state index is 12.9. The molecule has 4 rings (SSSR count). The topological polar surface area (TPSA) is 66.9 Å². The first-order valence-corrected chi connectivity index (χ1v) is 11.4. The molecule has 1 heterocycles. The number of carbonyl (C=O) groups excluding carboxylic acids is 1. The van der Waals surface area contributed by atoms with E-state index in [1.54, 1.807) is 42.2 Å². The molecule has 0 spiro atoms. The van der Waals surface area contributed by atoms with E-state index in [1.165, 1.54) is 4.31 Å². The van der Waals surface area contributed by atoms with Gasteiger partial charge in [0, 0.05) is 31.6 Å². The lowest BCUT2D eigenvalue weighted by molar-refractivity contribution is -0.139. The van der Waals surface area contributed by atoms with E-state index in [4.69, 9.17) is 4.74 Å². The van der Waals surface area contributed by atoms with Crippen LogP contribution in [0.5, 0.6) is 5.75 Å². The van der Waals surface area contributed by atoms with Crippen LogP contribution in [0.25, 0.3) is 10.8 Å². The highest BCUT2D eigenvalue weighted by atomic mass is 32.2. The normalized spacial score (nSPS) is 16.4. The van der Waals surface area contributed by atoms with Gasteiger partial charge in [-0.2, -0.15) is 4.31 Å². The Balaban J connectivity index is 1.40. The van der Waals surface area contributed by atoms with Crippen LogP contribution in [0, 0.1) is 0 Å². The average molecular weight is 425 g/mol. The molecular formula is C23H24N2O4S. The smallest absolute Gasteiger partial charge is 0.263 e. The number of ether oxygens (including phenoxy) is 1. The summed E-state index contributed by atoms with van der Waals surface area (Å²) >= 11 is 0. The zero-order chi connectivity index (χ0) is 21.1. The van der Waals surface area contributed by atoms with Gasteiger partial charge in [0.1, 0.15) is 5.75 Å². The molecule has 1 atom stereocenters. The van der Waals surface area contributed by atoms with E-state index >= 15 is 0 Å². The maximum Gasteiger partial charge on any atom is 0.263 e. The zero-order valence-corrected chi connectivity index (χ0v) is 17.6. The third kappa shape index (κ3) is 4.04. The predicted octanol–water partition coefficient (Wildman–Crippen LogP) is 3.14. The standard InChI is InChI=1S/C23H24N2O4S/c1-18(29-22-13-7-9-19-8-5-6-12-21(19)22)23(26)24-14-16-25(17-15-24)30(27,28)20-10-3-2-4-11-20/h2-13,18H,14-17H2,1H3. The second-order valence-corrected chi connectivity index (χ2v) is 9.22. The van der Waals surface area contributed by atoms with E-state index in [0.29, 0.717) is 18.8 Å². The molecular weight excluding hydrogens is 400 g/mol. The molecule has 1 fully saturated rings. The fourth-order valence-corrected chi connectivity index (χ4v) is 5.13. The molecule has 3 aromatic rings. The van der Waals surface area contributed by atoms with Crippen molar-refractivity contribution >= 4 is 26.7 Å². The molecule has 6 nitrogen and oxygen atoms in total. The lowest BCUT2D eigenvalue weighted by atomic mass is 10.1. The summed E-state index contributed by atoms with van der Waals surface area (Å²) in [6, 6.07) is 22.0. The van der Waals surface area contributed by atoms with Gasteiger partial charge in [0.15, 0.2) is 6.10 Å². The molecule has 1 aliphatic heterocycles. The Hall–Kier alpha value is -2.90. The lowest BCUT2D eigenvalue weighted by Crippen LogP contribution is -2.53. The van der Waals surface area contributed by atoms with E-state index in [1.807, 2.05) is 42.5 Å². The second-order valence-electron chi connectivity index (χ2n) is 7.28. The molecule has 1 unspecified atom stereocenters. The number of rotatable bonds is 5. The Morgan fingerprint density at radius 3 is 2.23 bits per heavy atom. The number of benzene rings is 3. The molecule has 1 saturated heterocycles. The van der Waals surface area contributed by atoms with Crippen LogP contribution in [-0.4, -0.2) is 55.8 Å². The highest BCUT2D eigenvalue weighted by molar-refractivity contribution is 7.89. The minimum atomic E-state index is -3.54. The summed E-state index contributed by atoms with van der Waals surface area (Å²) in [7, 11) is -3.54. The maximum atomic E-state index is 12.9. The van der Waals surface area contributed by atoms with Crippen molar-refractivity contribution < 1.29 is 17.9 Å². The zero-order valence-electron chi connectivity index (χ0n) is 16.8. The molecule has 3 aromatic carbocycles. The molecule has 1 aliphatic rings. The highest BCUT2D eigenvalue weighted by Gasteiger charge is 2.32. The van der Waals surface area contributed by atoms with Gasteiger partial charge in [-0.1, -0.05) is 54.6 Å². The lowest BCUT2D eigenvalue weighted by Gasteiger charge is -2.35. The van der Waals surface area contributed by atoms with Gasteiger partial charge >= 0.3 is 0 Å². The van der Waals surface area contributed by atoms with E-state index in [2.05, 4.69) is 0 Å². The van der Waals surface area contributed by atoms with Crippen LogP contribution in [0.2, 0.25) is 0 Å². The number of hydrogen-bond donors (Lipinski definition) is 0. The van der Waals surface area contributed by atoms with Crippen molar-refractivity contribution in [2.24, 2.45) is 0 Å². The molecule has 0 saturated carbocycles. The molecule has 7 heteroatoms. The summed E-state index contributed by atoms with van der Waals surface area (Å²) < 4.78 is 32.9. The average Bonchev–Trinajstić information content (AvgIpc) is 2.79. The monoisotopic (exact) mass is 424 g/mol. The van der Waals surface area contributed by atoms with Crippen LogP contribution in [0.1, 0.15) is 6.92 Å². The summed E-state index contributed by atoms with van der Waals surface area (Å²) in [6.07, 6.45) is -0.659. The summed E-state index contributed by atoms with van der Waals surface area (Å²) in [6.45, 7) is 2.95. The van der Waals surface area contributed by atoms with Gasteiger partial charge in [-0.25, -0.2) is 8.42 Å². The molecule has 0 N–H and O–H groups in total. The van der Waals surface area contributed by atoms with Crippen molar-refractivity contribution in [2.45, 2.75) is 17.9 Å². The van der Waals surface area contributed by atoms with Crippen LogP contribution in [0.15, 0.2) is 77.7 Å². The molecule has 0 radical (unpaired) electrons. The van der Waals surface area contributed by atoms with Crippen molar-refractivity contribution in [2.75, 3.05) is 26.2 Å². The summed E-state index contributed by atoms with van der Waals surface area (Å²) in [5, 5.41) is 2.01. The molecule has 156 valence electrons. The molecule has 0 aromatic heterocycles. The number of piperazine rings is 1. The Morgan fingerprint density at radius 2 is 1.50 bits per heavy atom. The first-order valence-electron chi connectivity index (χ1n) is 9.95. The van der Waals surface area contributed by atoms with Crippen LogP contribution >= 0.6 is 0 Å². The minimum Gasteiger partial charge on any atom is -0.480 e. The predicted molar refractivity (Wildman–Crippen MR) is 116 cm³/mol. The van der Waals surface area contributed by atoms with E-state index in [9.17, 15) is 13.2 Å². The molecule has 0 bridgehead atoms. The third-order valence-electron chi connectivity index (χ3n) is 5.33. The van der Waals surface area contributed by atoms with Crippen molar-refractivity contribution in [1.82, 2.24) is 9.21 Å². The van der Waals surface area contributed by atoms with Gasteiger partial charge < -0.3 is 9.64 Å². The quantitative estimate of drug-likeness (QED) is 0.631. The summed E-state index contributed by atoms with van der Waals surface area (Å²) in [5.41, 5.74) is 0. The first-order chi connectivity index (χ1) is 14.5. The summed E-state index contributed by atoms with van der Waals surface area (Å²) in [5.74, 6) is 0.527. The van der Waals surface area contributed by atoms with Crippen LogP contribution in [-0.2, 0) is 14.8 Å². The molecule has 30 heavy (non-hydrogen) atoms. The Kier molecular flexibility index (Phi) is 5.74. The van der Waals surface area contributed by atoms with Crippen molar-refractivity contribution in [1.29, 1.82) is 0 Å². The fraction of sp³-hybridized carbons (Fsp3) is 0.261. The van der Waals surface area contributed by atoms with Crippen LogP contribution < -0.4 is 4.74 Å². The Labute approximate surface area is 176 Å². The SMILES string of the molecule is CC(Oc1cccc2ccccc12)C(=O)N1CCN(S(=O)(=O)c2ccccc2)CC1. The van der Waals surface area contributed by atoms with Gasteiger partial charge in [-0.05, 0) is 30.5 Å². The van der Waals surface area contributed by atoms with Crippen LogP contribution in [0.4, 0.5) is 0 Å². The number of sulfonamides is 1.